The summed E-state index contributed by atoms with van der Waals surface area (Å²) in [6.45, 7) is 9.57. The van der Waals surface area contributed by atoms with Gasteiger partial charge >= 0.3 is 0 Å². The zero-order chi connectivity index (χ0) is 15.7. The first-order chi connectivity index (χ1) is 9.97. The van der Waals surface area contributed by atoms with Gasteiger partial charge in [0, 0.05) is 5.38 Å². The van der Waals surface area contributed by atoms with Gasteiger partial charge in [0.05, 0.1) is 0 Å². The molecule has 0 aromatic heterocycles. The lowest BCUT2D eigenvalue weighted by Gasteiger charge is -2.42. The molecule has 21 heavy (non-hydrogen) atoms. The molecule has 1 rings (SSSR count). The van der Waals surface area contributed by atoms with Crippen molar-refractivity contribution in [3.63, 3.8) is 0 Å². The van der Waals surface area contributed by atoms with E-state index >= 15 is 0 Å². The van der Waals surface area contributed by atoms with Crippen LogP contribution in [0, 0.1) is 17.3 Å². The van der Waals surface area contributed by atoms with Crippen molar-refractivity contribution in [2.24, 2.45) is 17.3 Å². The Hall–Kier alpha value is 0.290. The van der Waals surface area contributed by atoms with Gasteiger partial charge < -0.3 is 0 Å². The van der Waals surface area contributed by atoms with E-state index in [-0.39, 0.29) is 0 Å². The molecule has 1 aliphatic rings. The van der Waals surface area contributed by atoms with Gasteiger partial charge in [-0.15, -0.1) is 11.6 Å². The standard InChI is InChI=1S/C20H39Cl/c1-5-6-7-8-9-10-11-12-15-20(3,4)18-14-13-17(2)16-19(18)21/h17-19H,5-16H2,1-4H3. The lowest BCUT2D eigenvalue weighted by Crippen LogP contribution is -2.35. The highest BCUT2D eigenvalue weighted by atomic mass is 35.5. The van der Waals surface area contributed by atoms with Crippen molar-refractivity contribution >= 4 is 11.6 Å². The third kappa shape index (κ3) is 7.40. The lowest BCUT2D eigenvalue weighted by molar-refractivity contribution is 0.128. The Labute approximate surface area is 139 Å². The van der Waals surface area contributed by atoms with Crippen molar-refractivity contribution in [2.45, 2.75) is 110 Å². The molecule has 0 radical (unpaired) electrons. The molecule has 0 saturated heterocycles. The third-order valence-corrected chi connectivity index (χ3v) is 6.20. The Morgan fingerprint density at radius 2 is 1.48 bits per heavy atom. The molecular weight excluding hydrogens is 276 g/mol. The van der Waals surface area contributed by atoms with Crippen LogP contribution in [-0.2, 0) is 0 Å². The minimum Gasteiger partial charge on any atom is -0.123 e. The van der Waals surface area contributed by atoms with E-state index in [1.807, 2.05) is 0 Å². The molecule has 1 aliphatic carbocycles. The van der Waals surface area contributed by atoms with Gasteiger partial charge in [-0.2, -0.15) is 0 Å². The number of unbranched alkanes of at least 4 members (excludes halogenated alkanes) is 7. The highest BCUT2D eigenvalue weighted by molar-refractivity contribution is 6.20. The first-order valence-corrected chi connectivity index (χ1v) is 10.0. The van der Waals surface area contributed by atoms with E-state index in [4.69, 9.17) is 11.6 Å². The van der Waals surface area contributed by atoms with Crippen molar-refractivity contribution < 1.29 is 0 Å². The van der Waals surface area contributed by atoms with Gasteiger partial charge in [0.25, 0.3) is 0 Å². The molecule has 0 spiro atoms. The van der Waals surface area contributed by atoms with Crippen molar-refractivity contribution in [3.05, 3.63) is 0 Å². The van der Waals surface area contributed by atoms with Crippen LogP contribution < -0.4 is 0 Å². The molecule has 0 aromatic carbocycles. The number of halogens is 1. The molecule has 0 nitrogen and oxygen atoms in total. The predicted octanol–water partition coefficient (Wildman–Crippen LogP) is 7.59. The van der Waals surface area contributed by atoms with E-state index in [1.165, 1.54) is 77.0 Å². The molecule has 0 aromatic rings. The Bertz CT molecular complexity index is 259. The zero-order valence-corrected chi connectivity index (χ0v) is 15.9. The molecule has 1 heteroatoms. The minimum absolute atomic E-state index is 0.415. The summed E-state index contributed by atoms with van der Waals surface area (Å²) >= 11 is 6.67. The van der Waals surface area contributed by atoms with Crippen LogP contribution in [0.3, 0.4) is 0 Å². The Kier molecular flexibility index (Phi) is 9.33. The zero-order valence-electron chi connectivity index (χ0n) is 15.1. The second-order valence-corrected chi connectivity index (χ2v) is 8.81. The summed E-state index contributed by atoms with van der Waals surface area (Å²) in [5.74, 6) is 1.57. The van der Waals surface area contributed by atoms with Crippen LogP contribution in [0.25, 0.3) is 0 Å². The summed E-state index contributed by atoms with van der Waals surface area (Å²) in [6.07, 6.45) is 16.7. The largest absolute Gasteiger partial charge is 0.123 e. The molecule has 1 fully saturated rings. The summed E-state index contributed by atoms with van der Waals surface area (Å²) in [5.41, 5.74) is 0.439. The maximum Gasteiger partial charge on any atom is 0.0371 e. The van der Waals surface area contributed by atoms with Crippen LogP contribution in [0.1, 0.15) is 105 Å². The average molecular weight is 315 g/mol. The van der Waals surface area contributed by atoms with Crippen molar-refractivity contribution in [1.82, 2.24) is 0 Å². The lowest BCUT2D eigenvalue weighted by atomic mass is 9.66. The van der Waals surface area contributed by atoms with Crippen molar-refractivity contribution in [3.8, 4) is 0 Å². The fourth-order valence-corrected chi connectivity index (χ4v) is 4.86. The molecule has 3 unspecified atom stereocenters. The highest BCUT2D eigenvalue weighted by Crippen LogP contribution is 2.45. The number of hydrogen-bond acceptors (Lipinski definition) is 0. The Balaban J connectivity index is 2.15. The van der Waals surface area contributed by atoms with Crippen LogP contribution in [0.4, 0.5) is 0 Å². The number of alkyl halides is 1. The molecule has 0 bridgehead atoms. The van der Waals surface area contributed by atoms with Crippen LogP contribution in [0.5, 0.6) is 0 Å². The average Bonchev–Trinajstić information content (AvgIpc) is 2.41. The molecule has 0 aliphatic heterocycles. The molecule has 0 amide bonds. The van der Waals surface area contributed by atoms with Gasteiger partial charge in [-0.05, 0) is 36.5 Å². The molecule has 1 saturated carbocycles. The molecule has 0 heterocycles. The Morgan fingerprint density at radius 1 is 0.905 bits per heavy atom. The van der Waals surface area contributed by atoms with Crippen LogP contribution in [-0.4, -0.2) is 5.38 Å². The van der Waals surface area contributed by atoms with Crippen LogP contribution in [0.2, 0.25) is 0 Å². The molecular formula is C20H39Cl. The Morgan fingerprint density at radius 3 is 2.05 bits per heavy atom. The van der Waals surface area contributed by atoms with Crippen molar-refractivity contribution in [1.29, 1.82) is 0 Å². The van der Waals surface area contributed by atoms with Gasteiger partial charge in [0.1, 0.15) is 0 Å². The molecule has 3 atom stereocenters. The van der Waals surface area contributed by atoms with Crippen LogP contribution in [0.15, 0.2) is 0 Å². The first-order valence-electron chi connectivity index (χ1n) is 9.61. The fourth-order valence-electron chi connectivity index (χ4n) is 4.09. The number of rotatable bonds is 10. The highest BCUT2D eigenvalue weighted by Gasteiger charge is 2.37. The van der Waals surface area contributed by atoms with Crippen molar-refractivity contribution in [2.75, 3.05) is 0 Å². The normalized spacial score (nSPS) is 27.0. The summed E-state index contributed by atoms with van der Waals surface area (Å²) in [5, 5.41) is 0.415. The SMILES string of the molecule is CCCCCCCCCCC(C)(C)C1CCC(C)CC1Cl. The maximum atomic E-state index is 6.67. The van der Waals surface area contributed by atoms with E-state index in [0.29, 0.717) is 10.8 Å². The van der Waals surface area contributed by atoms with E-state index in [2.05, 4.69) is 27.7 Å². The molecule has 126 valence electrons. The second-order valence-electron chi connectivity index (χ2n) is 8.25. The monoisotopic (exact) mass is 314 g/mol. The molecule has 0 N–H and O–H groups in total. The van der Waals surface area contributed by atoms with E-state index in [9.17, 15) is 0 Å². The fraction of sp³-hybridized carbons (Fsp3) is 1.00. The van der Waals surface area contributed by atoms with Gasteiger partial charge in [-0.25, -0.2) is 0 Å². The van der Waals surface area contributed by atoms with Crippen LogP contribution >= 0.6 is 11.6 Å². The van der Waals surface area contributed by atoms with Gasteiger partial charge in [0.2, 0.25) is 0 Å². The van der Waals surface area contributed by atoms with Gasteiger partial charge in [-0.3, -0.25) is 0 Å². The van der Waals surface area contributed by atoms with E-state index in [0.717, 1.165) is 11.8 Å². The third-order valence-electron chi connectivity index (χ3n) is 5.71. The first kappa shape index (κ1) is 19.3. The number of hydrogen-bond donors (Lipinski definition) is 0. The summed E-state index contributed by atoms with van der Waals surface area (Å²) in [4.78, 5) is 0. The summed E-state index contributed by atoms with van der Waals surface area (Å²) < 4.78 is 0. The minimum atomic E-state index is 0.415. The topological polar surface area (TPSA) is 0 Å². The van der Waals surface area contributed by atoms with E-state index in [1.54, 1.807) is 0 Å². The maximum absolute atomic E-state index is 6.67. The summed E-state index contributed by atoms with van der Waals surface area (Å²) in [7, 11) is 0. The second kappa shape index (κ2) is 10.1. The van der Waals surface area contributed by atoms with Gasteiger partial charge in [-0.1, -0.05) is 85.5 Å². The van der Waals surface area contributed by atoms with Gasteiger partial charge in [0.15, 0.2) is 0 Å². The quantitative estimate of drug-likeness (QED) is 0.288. The van der Waals surface area contributed by atoms with E-state index < -0.39 is 0 Å². The summed E-state index contributed by atoms with van der Waals surface area (Å²) in [6, 6.07) is 0. The predicted molar refractivity (Wildman–Crippen MR) is 97.2 cm³/mol. The smallest absolute Gasteiger partial charge is 0.0371 e.